The van der Waals surface area contributed by atoms with Gasteiger partial charge in [-0.2, -0.15) is 0 Å². The number of nitro groups is 1. The number of carbonyl (C=O) groups excluding carboxylic acids is 2. The van der Waals surface area contributed by atoms with Crippen molar-refractivity contribution >= 4 is 33.9 Å². The molecule has 1 N–H and O–H groups in total. The van der Waals surface area contributed by atoms with Crippen LogP contribution in [0, 0.1) is 24.0 Å². The molecule has 0 bridgehead atoms. The molecule has 1 aromatic heterocycles. The predicted molar refractivity (Wildman–Crippen MR) is 136 cm³/mol. The Kier molecular flexibility index (Phi) is 8.24. The highest BCUT2D eigenvalue weighted by Gasteiger charge is 2.26. The number of hydrogen-bond donors (Lipinski definition) is 1. The van der Waals surface area contributed by atoms with Crippen molar-refractivity contribution in [3.63, 3.8) is 0 Å². The first-order valence-electron chi connectivity index (χ1n) is 11.2. The summed E-state index contributed by atoms with van der Waals surface area (Å²) in [5, 5.41) is 14.1. The molecule has 8 nitrogen and oxygen atoms in total. The molecule has 0 atom stereocenters. The van der Waals surface area contributed by atoms with Crippen molar-refractivity contribution in [1.82, 2.24) is 0 Å². The molecule has 3 rings (SSSR count). The molecule has 184 valence electrons. The fourth-order valence-electron chi connectivity index (χ4n) is 3.83. The number of amides is 1. The molecule has 3 aromatic rings. The molecule has 0 aliphatic carbocycles. The average molecular weight is 497 g/mol. The molecular weight excluding hydrogens is 468 g/mol. The Morgan fingerprint density at radius 2 is 1.80 bits per heavy atom. The first-order valence-corrected chi connectivity index (χ1v) is 12.0. The average Bonchev–Trinajstić information content (AvgIpc) is 3.13. The van der Waals surface area contributed by atoms with Crippen molar-refractivity contribution < 1.29 is 24.0 Å². The van der Waals surface area contributed by atoms with Gasteiger partial charge in [0.05, 0.1) is 11.5 Å². The van der Waals surface area contributed by atoms with Gasteiger partial charge in [0.2, 0.25) is 0 Å². The van der Waals surface area contributed by atoms with Crippen molar-refractivity contribution in [2.75, 3.05) is 18.5 Å². The molecule has 0 fully saturated rings. The number of esters is 1. The Balaban J connectivity index is 1.84. The van der Waals surface area contributed by atoms with Crippen LogP contribution in [0.3, 0.4) is 0 Å². The highest BCUT2D eigenvalue weighted by atomic mass is 32.1. The third-order valence-corrected chi connectivity index (χ3v) is 6.44. The second-order valence-corrected chi connectivity index (χ2v) is 9.50. The summed E-state index contributed by atoms with van der Waals surface area (Å²) in [5.74, 6) is -0.0267. The summed E-state index contributed by atoms with van der Waals surface area (Å²) in [4.78, 5) is 36.8. The smallest absolute Gasteiger partial charge is 0.341 e. The minimum Gasteiger partial charge on any atom is -0.484 e. The number of nitrogens with one attached hydrogen (secondary N) is 1. The summed E-state index contributed by atoms with van der Waals surface area (Å²) in [6.45, 7) is 9.68. The Morgan fingerprint density at radius 1 is 1.11 bits per heavy atom. The summed E-state index contributed by atoms with van der Waals surface area (Å²) in [5.41, 5.74) is 3.65. The molecule has 9 heteroatoms. The number of aryl methyl sites for hydroxylation is 2. The van der Waals surface area contributed by atoms with E-state index in [2.05, 4.69) is 19.2 Å². The number of thiophene rings is 1. The van der Waals surface area contributed by atoms with E-state index in [0.717, 1.165) is 10.4 Å². The quantitative estimate of drug-likeness (QED) is 0.213. The van der Waals surface area contributed by atoms with E-state index in [0.29, 0.717) is 27.8 Å². The van der Waals surface area contributed by atoms with Crippen LogP contribution < -0.4 is 10.1 Å². The minimum absolute atomic E-state index is 0.0540. The highest BCUT2D eigenvalue weighted by molar-refractivity contribution is 7.17. The molecule has 0 spiro atoms. The van der Waals surface area contributed by atoms with Crippen LogP contribution in [0.4, 0.5) is 10.7 Å². The molecule has 0 radical (unpaired) electrons. The number of rotatable bonds is 9. The SMILES string of the molecule is CCOC(=O)c1c(NC(=O)COc2ccc(C(C)C)c(C)c2)sc(C)c1-c1ccc([N+](=O)[O-])cc1. The van der Waals surface area contributed by atoms with Crippen LogP contribution in [0.1, 0.15) is 53.1 Å². The molecule has 1 heterocycles. The number of hydrogen-bond acceptors (Lipinski definition) is 7. The van der Waals surface area contributed by atoms with Crippen LogP contribution in [-0.2, 0) is 9.53 Å². The Bertz CT molecular complexity index is 1250. The summed E-state index contributed by atoms with van der Waals surface area (Å²) < 4.78 is 10.9. The molecule has 2 aromatic carbocycles. The van der Waals surface area contributed by atoms with E-state index < -0.39 is 16.8 Å². The molecule has 1 amide bonds. The summed E-state index contributed by atoms with van der Waals surface area (Å²) in [6, 6.07) is 11.6. The van der Waals surface area contributed by atoms with Crippen LogP contribution in [0.5, 0.6) is 5.75 Å². The number of ether oxygens (including phenoxy) is 2. The van der Waals surface area contributed by atoms with E-state index in [1.807, 2.05) is 32.0 Å². The number of carbonyl (C=O) groups is 2. The molecule has 35 heavy (non-hydrogen) atoms. The number of nitro benzene ring substituents is 1. The van der Waals surface area contributed by atoms with Crippen LogP contribution in [0.2, 0.25) is 0 Å². The molecular formula is C26H28N2O6S. The molecule has 0 saturated carbocycles. The lowest BCUT2D eigenvalue weighted by molar-refractivity contribution is -0.384. The lowest BCUT2D eigenvalue weighted by Gasteiger charge is -2.13. The molecule has 0 aliphatic heterocycles. The second-order valence-electron chi connectivity index (χ2n) is 8.27. The number of anilines is 1. The van der Waals surface area contributed by atoms with Gasteiger partial charge in [0.1, 0.15) is 16.3 Å². The monoisotopic (exact) mass is 496 g/mol. The standard InChI is InChI=1S/C26H28N2O6S/c1-6-33-26(30)24-23(18-7-9-19(10-8-18)28(31)32)17(5)35-25(24)27-22(29)14-34-20-11-12-21(15(2)3)16(4)13-20/h7-13,15H,6,14H2,1-5H3,(H,27,29). The van der Waals surface area contributed by atoms with Gasteiger partial charge in [-0.15, -0.1) is 11.3 Å². The summed E-state index contributed by atoms with van der Waals surface area (Å²) in [6.07, 6.45) is 0. The largest absolute Gasteiger partial charge is 0.484 e. The van der Waals surface area contributed by atoms with E-state index in [4.69, 9.17) is 9.47 Å². The molecule has 0 aliphatic rings. The Morgan fingerprint density at radius 3 is 2.37 bits per heavy atom. The first kappa shape index (κ1) is 25.9. The van der Waals surface area contributed by atoms with Gasteiger partial charge < -0.3 is 14.8 Å². The zero-order valence-electron chi connectivity index (χ0n) is 20.3. The maximum Gasteiger partial charge on any atom is 0.341 e. The van der Waals surface area contributed by atoms with Gasteiger partial charge in [0, 0.05) is 22.6 Å². The van der Waals surface area contributed by atoms with E-state index >= 15 is 0 Å². The zero-order valence-corrected chi connectivity index (χ0v) is 21.2. The number of nitrogens with zero attached hydrogens (tertiary/aromatic N) is 1. The van der Waals surface area contributed by atoms with Crippen LogP contribution in [0.15, 0.2) is 42.5 Å². The van der Waals surface area contributed by atoms with E-state index in [1.165, 1.54) is 29.0 Å². The lowest BCUT2D eigenvalue weighted by Crippen LogP contribution is -2.21. The predicted octanol–water partition coefficient (Wildman–Crippen LogP) is 6.26. The maximum atomic E-state index is 12.8. The van der Waals surface area contributed by atoms with E-state index in [-0.39, 0.29) is 24.5 Å². The fourth-order valence-corrected chi connectivity index (χ4v) is 4.91. The summed E-state index contributed by atoms with van der Waals surface area (Å²) in [7, 11) is 0. The van der Waals surface area contributed by atoms with Gasteiger partial charge in [-0.05, 0) is 67.6 Å². The van der Waals surface area contributed by atoms with Crippen molar-refractivity contribution in [3.8, 4) is 16.9 Å². The maximum absolute atomic E-state index is 12.8. The van der Waals surface area contributed by atoms with Crippen molar-refractivity contribution in [1.29, 1.82) is 0 Å². The van der Waals surface area contributed by atoms with Gasteiger partial charge in [-0.1, -0.05) is 19.9 Å². The normalized spacial score (nSPS) is 10.8. The van der Waals surface area contributed by atoms with Crippen LogP contribution in [-0.4, -0.2) is 30.0 Å². The van der Waals surface area contributed by atoms with Gasteiger partial charge >= 0.3 is 5.97 Å². The minimum atomic E-state index is -0.582. The number of non-ortho nitro benzene ring substituents is 1. The van der Waals surface area contributed by atoms with Crippen molar-refractivity contribution in [2.24, 2.45) is 0 Å². The highest BCUT2D eigenvalue weighted by Crippen LogP contribution is 2.41. The van der Waals surface area contributed by atoms with Crippen molar-refractivity contribution in [3.05, 3.63) is 74.1 Å². The van der Waals surface area contributed by atoms with Gasteiger partial charge in [0.25, 0.3) is 11.6 Å². The lowest BCUT2D eigenvalue weighted by atomic mass is 9.98. The van der Waals surface area contributed by atoms with Crippen LogP contribution in [0.25, 0.3) is 11.1 Å². The first-order chi connectivity index (χ1) is 16.6. The van der Waals surface area contributed by atoms with E-state index in [1.54, 1.807) is 19.1 Å². The topological polar surface area (TPSA) is 108 Å². The Labute approximate surface area is 208 Å². The third kappa shape index (κ3) is 6.05. The van der Waals surface area contributed by atoms with Gasteiger partial charge in [0.15, 0.2) is 6.61 Å². The third-order valence-electron chi connectivity index (χ3n) is 5.42. The molecule has 0 unspecified atom stereocenters. The van der Waals surface area contributed by atoms with Crippen molar-refractivity contribution in [2.45, 2.75) is 40.5 Å². The number of benzene rings is 2. The zero-order chi connectivity index (χ0) is 25.7. The second kappa shape index (κ2) is 11.1. The van der Waals surface area contributed by atoms with E-state index in [9.17, 15) is 19.7 Å². The van der Waals surface area contributed by atoms with Gasteiger partial charge in [-0.25, -0.2) is 4.79 Å². The summed E-state index contributed by atoms with van der Waals surface area (Å²) >= 11 is 1.24. The Hall–Kier alpha value is -3.72. The van der Waals surface area contributed by atoms with Gasteiger partial charge in [-0.3, -0.25) is 14.9 Å². The molecule has 0 saturated heterocycles. The fraction of sp³-hybridized carbons (Fsp3) is 0.308. The van der Waals surface area contributed by atoms with Crippen LogP contribution >= 0.6 is 11.3 Å².